The number of hydrogen-bond donors (Lipinski definition) is 2. The second kappa shape index (κ2) is 12.4. The highest BCUT2D eigenvalue weighted by Crippen LogP contribution is 2.25. The van der Waals surface area contributed by atoms with Gasteiger partial charge in [-0.15, -0.1) is 5.92 Å². The van der Waals surface area contributed by atoms with Crippen LogP contribution in [0.25, 0.3) is 11.2 Å². The van der Waals surface area contributed by atoms with Gasteiger partial charge in [0.2, 0.25) is 11.9 Å². The van der Waals surface area contributed by atoms with E-state index in [2.05, 4.69) is 27.5 Å². The van der Waals surface area contributed by atoms with Gasteiger partial charge >= 0.3 is 11.8 Å². The fourth-order valence-corrected chi connectivity index (χ4v) is 4.87. The highest BCUT2D eigenvalue weighted by atomic mass is 16.6. The number of nitro benzene ring substituents is 1. The number of fused-ring (bicyclic) bond motifs is 1. The summed E-state index contributed by atoms with van der Waals surface area (Å²) in [5.41, 5.74) is -2.39. The fourth-order valence-electron chi connectivity index (χ4n) is 4.87. The predicted octanol–water partition coefficient (Wildman–Crippen LogP) is 1.96. The minimum atomic E-state index is -0.792. The number of anilines is 2. The van der Waals surface area contributed by atoms with Gasteiger partial charge < -0.3 is 20.3 Å². The van der Waals surface area contributed by atoms with Gasteiger partial charge in [0.05, 0.1) is 11.5 Å². The highest BCUT2D eigenvalue weighted by Gasteiger charge is 2.29. The smallest absolute Gasteiger partial charge is 0.407 e. The van der Waals surface area contributed by atoms with Crippen LogP contribution in [-0.4, -0.2) is 60.3 Å². The van der Waals surface area contributed by atoms with E-state index in [0.29, 0.717) is 25.5 Å². The second-order valence-corrected chi connectivity index (χ2v) is 11.1. The number of aromatic nitrogens is 4. The molecule has 15 nitrogen and oxygen atoms in total. The summed E-state index contributed by atoms with van der Waals surface area (Å²) in [4.78, 5) is 69.6. The molecular formula is C28H34N8O7. The summed E-state index contributed by atoms with van der Waals surface area (Å²) < 4.78 is 8.93. The summed E-state index contributed by atoms with van der Waals surface area (Å²) in [6.45, 7) is 7.35. The SMILES string of the molecule is CC#CCn1c(N2CCC[C@@H](NC(=O)OC(C)(C)C)C2)nc2c1c(=O)n(CC(=O)Nc1ccccc1[N+](=O)[O-])c(=O)n2C. The van der Waals surface area contributed by atoms with E-state index in [9.17, 15) is 29.3 Å². The van der Waals surface area contributed by atoms with Crippen LogP contribution in [0.15, 0.2) is 33.9 Å². The quantitative estimate of drug-likeness (QED) is 0.235. The molecule has 43 heavy (non-hydrogen) atoms. The first kappa shape index (κ1) is 30.8. The van der Waals surface area contributed by atoms with Gasteiger partial charge in [0.1, 0.15) is 17.8 Å². The molecule has 0 spiro atoms. The van der Waals surface area contributed by atoms with E-state index in [1.165, 1.54) is 35.9 Å². The maximum absolute atomic E-state index is 13.7. The molecule has 228 valence electrons. The van der Waals surface area contributed by atoms with Gasteiger partial charge in [0.15, 0.2) is 11.2 Å². The minimum Gasteiger partial charge on any atom is -0.444 e. The molecule has 1 saturated heterocycles. The summed E-state index contributed by atoms with van der Waals surface area (Å²) in [5.74, 6) is 5.34. The van der Waals surface area contributed by atoms with Crippen molar-refractivity contribution >= 4 is 40.5 Å². The Morgan fingerprint density at radius 1 is 1.21 bits per heavy atom. The summed E-state index contributed by atoms with van der Waals surface area (Å²) >= 11 is 0. The molecule has 0 unspecified atom stereocenters. The van der Waals surface area contributed by atoms with Crippen LogP contribution in [-0.2, 0) is 29.7 Å². The summed E-state index contributed by atoms with van der Waals surface area (Å²) in [6, 6.07) is 5.31. The van der Waals surface area contributed by atoms with Crippen molar-refractivity contribution < 1.29 is 19.2 Å². The topological polar surface area (TPSA) is 176 Å². The lowest BCUT2D eigenvalue weighted by Crippen LogP contribution is -2.49. The summed E-state index contributed by atoms with van der Waals surface area (Å²) in [6.07, 6.45) is 0.900. The Morgan fingerprint density at radius 2 is 1.93 bits per heavy atom. The van der Waals surface area contributed by atoms with Crippen molar-refractivity contribution in [2.75, 3.05) is 23.3 Å². The van der Waals surface area contributed by atoms with Crippen LogP contribution in [0, 0.1) is 22.0 Å². The number of rotatable bonds is 7. The Bertz CT molecular complexity index is 1750. The number of hydrogen-bond acceptors (Lipinski definition) is 9. The van der Waals surface area contributed by atoms with Crippen molar-refractivity contribution in [2.45, 2.75) is 65.3 Å². The van der Waals surface area contributed by atoms with Gasteiger partial charge in [-0.2, -0.15) is 4.98 Å². The number of imidazole rings is 1. The van der Waals surface area contributed by atoms with Crippen LogP contribution in [0.4, 0.5) is 22.1 Å². The van der Waals surface area contributed by atoms with E-state index in [4.69, 9.17) is 4.74 Å². The Hall–Kier alpha value is -5.13. The molecule has 0 bridgehead atoms. The van der Waals surface area contributed by atoms with Crippen molar-refractivity contribution in [3.63, 3.8) is 0 Å². The predicted molar refractivity (Wildman–Crippen MR) is 159 cm³/mol. The number of para-hydroxylation sites is 2. The third-order valence-electron chi connectivity index (χ3n) is 6.73. The van der Waals surface area contributed by atoms with E-state index in [-0.39, 0.29) is 35.1 Å². The van der Waals surface area contributed by atoms with Crippen molar-refractivity contribution in [1.82, 2.24) is 24.0 Å². The third-order valence-corrected chi connectivity index (χ3v) is 6.73. The lowest BCUT2D eigenvalue weighted by atomic mass is 10.1. The summed E-state index contributed by atoms with van der Waals surface area (Å²) in [7, 11) is 1.44. The van der Waals surface area contributed by atoms with Crippen molar-refractivity contribution in [2.24, 2.45) is 7.05 Å². The fraction of sp³-hybridized carbons (Fsp3) is 0.464. The van der Waals surface area contributed by atoms with Gasteiger partial charge in [-0.05, 0) is 46.6 Å². The minimum absolute atomic E-state index is 0.0614. The molecule has 1 atom stereocenters. The molecule has 15 heteroatoms. The van der Waals surface area contributed by atoms with E-state index in [1.54, 1.807) is 32.3 Å². The lowest BCUT2D eigenvalue weighted by Gasteiger charge is -2.34. The molecule has 2 N–H and O–H groups in total. The zero-order valence-corrected chi connectivity index (χ0v) is 24.7. The van der Waals surface area contributed by atoms with Crippen LogP contribution < -0.4 is 26.8 Å². The summed E-state index contributed by atoms with van der Waals surface area (Å²) in [5, 5.41) is 16.6. The number of ether oxygens (including phenoxy) is 1. The van der Waals surface area contributed by atoms with Crippen molar-refractivity contribution in [3.8, 4) is 11.8 Å². The molecule has 1 aliphatic rings. The average molecular weight is 595 g/mol. The molecule has 0 aliphatic carbocycles. The number of alkyl carbamates (subject to hydrolysis) is 1. The van der Waals surface area contributed by atoms with Gasteiger partial charge in [-0.25, -0.2) is 14.2 Å². The maximum Gasteiger partial charge on any atom is 0.407 e. The molecule has 0 radical (unpaired) electrons. The average Bonchev–Trinajstić information content (AvgIpc) is 3.32. The van der Waals surface area contributed by atoms with E-state index in [0.717, 1.165) is 11.0 Å². The molecule has 2 amide bonds. The largest absolute Gasteiger partial charge is 0.444 e. The molecule has 3 heterocycles. The molecule has 2 aromatic heterocycles. The van der Waals surface area contributed by atoms with Gasteiger partial charge in [0, 0.05) is 32.2 Å². The van der Waals surface area contributed by atoms with Crippen LogP contribution in [0.3, 0.4) is 0 Å². The van der Waals surface area contributed by atoms with Crippen molar-refractivity contribution in [1.29, 1.82) is 0 Å². The number of aryl methyl sites for hydroxylation is 1. The highest BCUT2D eigenvalue weighted by molar-refractivity contribution is 5.93. The number of benzene rings is 1. The molecule has 4 rings (SSSR count). The first-order valence-corrected chi connectivity index (χ1v) is 13.7. The number of nitrogens with one attached hydrogen (secondary N) is 2. The van der Waals surface area contributed by atoms with Gasteiger partial charge in [-0.1, -0.05) is 18.1 Å². The number of nitrogens with zero attached hydrogens (tertiary/aromatic N) is 6. The Labute approximate surface area is 246 Å². The van der Waals surface area contributed by atoms with Crippen LogP contribution in [0.5, 0.6) is 0 Å². The van der Waals surface area contributed by atoms with Gasteiger partial charge in [-0.3, -0.25) is 28.8 Å². The lowest BCUT2D eigenvalue weighted by molar-refractivity contribution is -0.383. The first-order valence-electron chi connectivity index (χ1n) is 13.7. The molecule has 1 fully saturated rings. The molecule has 3 aromatic rings. The molecular weight excluding hydrogens is 560 g/mol. The number of piperidine rings is 1. The Morgan fingerprint density at radius 3 is 2.60 bits per heavy atom. The molecule has 0 saturated carbocycles. The van der Waals surface area contributed by atoms with Crippen LogP contribution in [0.2, 0.25) is 0 Å². The van der Waals surface area contributed by atoms with Crippen LogP contribution in [0.1, 0.15) is 40.5 Å². The van der Waals surface area contributed by atoms with E-state index in [1.807, 2.05) is 4.90 Å². The Kier molecular flexibility index (Phi) is 8.88. The first-order chi connectivity index (χ1) is 20.3. The van der Waals surface area contributed by atoms with Crippen molar-refractivity contribution in [3.05, 3.63) is 55.2 Å². The zero-order chi connectivity index (χ0) is 31.5. The third kappa shape index (κ3) is 6.85. The molecule has 1 aliphatic heterocycles. The van der Waals surface area contributed by atoms with Gasteiger partial charge in [0.25, 0.3) is 11.2 Å². The maximum atomic E-state index is 13.7. The molecule has 1 aromatic carbocycles. The number of nitro groups is 1. The monoisotopic (exact) mass is 594 g/mol. The normalized spacial score (nSPS) is 15.0. The number of carbonyl (C=O) groups excluding carboxylic acids is 2. The second-order valence-electron chi connectivity index (χ2n) is 11.1. The zero-order valence-electron chi connectivity index (χ0n) is 24.7. The number of carbonyl (C=O) groups is 2. The number of amides is 2. The van der Waals surface area contributed by atoms with Crippen LogP contribution >= 0.6 is 0 Å². The van der Waals surface area contributed by atoms with E-state index >= 15 is 0 Å². The Balaban J connectivity index is 1.70. The van der Waals surface area contributed by atoms with E-state index < -0.39 is 40.3 Å². The standard InChI is InChI=1S/C28H34N8O7/c1-6-7-15-34-22-23(31-25(34)33-14-10-11-18(16-33)29-26(39)43-28(2,3)4)32(5)27(40)35(24(22)38)17-21(37)30-19-12-8-9-13-20(19)36(41)42/h8-9,12-13,18H,10-11,14-17H2,1-5H3,(H,29,39)(H,30,37)/t18-/m1/s1.